The number of carbonyl (C=O) groups excluding carboxylic acids is 1. The number of carboxylic acid groups (broad SMARTS) is 1. The SMILES string of the molecule is C[C@H](CCC(=O)O)[C@H]1CC[C@H]2[C@@H]3[C@H](O)C[C@@H]4C[C@H](OC(=O)CBr)CC[C@]4(C)[C@H]3C[C@H](O)[C@]12C. The Hall–Kier alpha value is -0.660. The summed E-state index contributed by atoms with van der Waals surface area (Å²) >= 11 is 3.17. The summed E-state index contributed by atoms with van der Waals surface area (Å²) in [6.07, 6.45) is 5.93. The highest BCUT2D eigenvalue weighted by Crippen LogP contribution is 2.68. The van der Waals surface area contributed by atoms with Crippen molar-refractivity contribution in [3.05, 3.63) is 0 Å². The molecule has 0 aromatic heterocycles. The zero-order valence-electron chi connectivity index (χ0n) is 20.2. The van der Waals surface area contributed by atoms with Gasteiger partial charge in [-0.1, -0.05) is 36.7 Å². The van der Waals surface area contributed by atoms with Crippen LogP contribution in [0.15, 0.2) is 0 Å². The van der Waals surface area contributed by atoms with Gasteiger partial charge in [0.2, 0.25) is 0 Å². The van der Waals surface area contributed by atoms with E-state index in [1.54, 1.807) is 0 Å². The predicted molar refractivity (Wildman–Crippen MR) is 128 cm³/mol. The Morgan fingerprint density at radius 3 is 2.48 bits per heavy atom. The van der Waals surface area contributed by atoms with Gasteiger partial charge in [-0.15, -0.1) is 0 Å². The molecule has 188 valence electrons. The average molecular weight is 530 g/mol. The van der Waals surface area contributed by atoms with Crippen LogP contribution in [0.3, 0.4) is 0 Å². The highest BCUT2D eigenvalue weighted by Gasteiger charge is 2.65. The number of rotatable bonds is 6. The quantitative estimate of drug-likeness (QED) is 0.348. The van der Waals surface area contributed by atoms with Crippen LogP contribution in [0, 0.1) is 46.3 Å². The van der Waals surface area contributed by atoms with Crippen molar-refractivity contribution in [2.45, 2.75) is 96.9 Å². The molecule has 4 saturated carbocycles. The number of hydrogen-bond acceptors (Lipinski definition) is 5. The average Bonchev–Trinajstić information content (AvgIpc) is 3.12. The predicted octanol–water partition coefficient (Wildman–Crippen LogP) is 4.39. The van der Waals surface area contributed by atoms with E-state index in [4.69, 9.17) is 9.84 Å². The first-order valence-electron chi connectivity index (χ1n) is 12.9. The Kier molecular flexibility index (Phi) is 7.26. The zero-order chi connectivity index (χ0) is 24.1. The summed E-state index contributed by atoms with van der Waals surface area (Å²) < 4.78 is 5.63. The number of carboxylic acids is 1. The lowest BCUT2D eigenvalue weighted by Crippen LogP contribution is -2.62. The van der Waals surface area contributed by atoms with Gasteiger partial charge in [0.1, 0.15) is 11.4 Å². The minimum atomic E-state index is -0.759. The molecule has 0 bridgehead atoms. The maximum absolute atomic E-state index is 11.8. The van der Waals surface area contributed by atoms with E-state index >= 15 is 0 Å². The molecule has 3 N–H and O–H groups in total. The second-order valence-electron chi connectivity index (χ2n) is 12.0. The van der Waals surface area contributed by atoms with E-state index in [-0.39, 0.29) is 64.2 Å². The molecule has 0 unspecified atom stereocenters. The fraction of sp³-hybridized carbons (Fsp3) is 0.923. The second kappa shape index (κ2) is 9.42. The lowest BCUT2D eigenvalue weighted by molar-refractivity contribution is -0.209. The molecule has 0 aromatic rings. The molecule has 11 atom stereocenters. The van der Waals surface area contributed by atoms with Crippen LogP contribution in [0.25, 0.3) is 0 Å². The normalized spacial score (nSPS) is 47.7. The van der Waals surface area contributed by atoms with Crippen LogP contribution in [0.4, 0.5) is 0 Å². The fourth-order valence-electron chi connectivity index (χ4n) is 8.99. The van der Waals surface area contributed by atoms with Crippen molar-refractivity contribution >= 4 is 27.9 Å². The number of aliphatic hydroxyl groups excluding tert-OH is 2. The number of aliphatic hydroxyl groups is 2. The van der Waals surface area contributed by atoms with Gasteiger partial charge in [-0.3, -0.25) is 9.59 Å². The fourth-order valence-corrected chi connectivity index (χ4v) is 9.12. The van der Waals surface area contributed by atoms with Gasteiger partial charge in [0.15, 0.2) is 0 Å². The number of ether oxygens (including phenoxy) is 1. The smallest absolute Gasteiger partial charge is 0.316 e. The third-order valence-corrected chi connectivity index (χ3v) is 11.2. The van der Waals surface area contributed by atoms with Crippen molar-refractivity contribution in [3.63, 3.8) is 0 Å². The number of alkyl halides is 1. The Labute approximate surface area is 206 Å². The molecule has 0 amide bonds. The Balaban J connectivity index is 1.54. The number of carbonyl (C=O) groups is 2. The van der Waals surface area contributed by atoms with E-state index in [1.165, 1.54) is 0 Å². The van der Waals surface area contributed by atoms with Crippen molar-refractivity contribution in [2.75, 3.05) is 5.33 Å². The minimum Gasteiger partial charge on any atom is -0.481 e. The molecule has 0 spiro atoms. The Morgan fingerprint density at radius 1 is 1.09 bits per heavy atom. The van der Waals surface area contributed by atoms with E-state index in [0.717, 1.165) is 38.5 Å². The Bertz CT molecular complexity index is 759. The van der Waals surface area contributed by atoms with E-state index in [0.29, 0.717) is 18.8 Å². The molecule has 0 radical (unpaired) electrons. The highest BCUT2D eigenvalue weighted by molar-refractivity contribution is 9.09. The maximum atomic E-state index is 11.8. The van der Waals surface area contributed by atoms with Crippen LogP contribution in [0.2, 0.25) is 0 Å². The summed E-state index contributed by atoms with van der Waals surface area (Å²) in [4.78, 5) is 22.9. The first-order chi connectivity index (χ1) is 15.5. The molecule has 4 fully saturated rings. The molecule has 4 rings (SSSR count). The van der Waals surface area contributed by atoms with E-state index in [9.17, 15) is 19.8 Å². The minimum absolute atomic E-state index is 0.0382. The van der Waals surface area contributed by atoms with Gasteiger partial charge in [0, 0.05) is 6.42 Å². The molecule has 33 heavy (non-hydrogen) atoms. The van der Waals surface area contributed by atoms with Crippen LogP contribution in [0.1, 0.15) is 78.6 Å². The summed E-state index contributed by atoms with van der Waals surface area (Å²) in [6, 6.07) is 0. The molecule has 0 aliphatic heterocycles. The standard InChI is InChI=1S/C26H41BrO6/c1-14(4-7-22(30)31)17-5-6-18-24-19(12-21(29)26(17,18)3)25(2)9-8-16(33-23(32)13-27)10-15(25)11-20(24)28/h14-21,24,28-29H,4-13H2,1-3H3,(H,30,31)/t14-,15+,16-,17-,18+,19+,20-,21+,24+,25+,26-/m1/s1. The lowest BCUT2D eigenvalue weighted by Gasteiger charge is -2.63. The van der Waals surface area contributed by atoms with Gasteiger partial charge in [-0.05, 0) is 97.7 Å². The first-order valence-corrected chi connectivity index (χ1v) is 14.0. The second-order valence-corrected chi connectivity index (χ2v) is 12.6. The van der Waals surface area contributed by atoms with Crippen molar-refractivity contribution in [1.29, 1.82) is 0 Å². The third-order valence-electron chi connectivity index (χ3n) is 10.7. The molecule has 7 heteroatoms. The van der Waals surface area contributed by atoms with Gasteiger partial charge >= 0.3 is 11.9 Å². The highest BCUT2D eigenvalue weighted by atomic mass is 79.9. The molecular formula is C26H41BrO6. The van der Waals surface area contributed by atoms with Crippen molar-refractivity contribution in [2.24, 2.45) is 46.3 Å². The van der Waals surface area contributed by atoms with Gasteiger partial charge in [0.05, 0.1) is 12.2 Å². The van der Waals surface area contributed by atoms with Gasteiger partial charge < -0.3 is 20.1 Å². The summed E-state index contributed by atoms with van der Waals surface area (Å²) in [7, 11) is 0. The van der Waals surface area contributed by atoms with Crippen molar-refractivity contribution in [1.82, 2.24) is 0 Å². The largest absolute Gasteiger partial charge is 0.481 e. The maximum Gasteiger partial charge on any atom is 0.316 e. The van der Waals surface area contributed by atoms with Gasteiger partial charge in [0.25, 0.3) is 0 Å². The molecular weight excluding hydrogens is 488 g/mol. The molecule has 0 aromatic carbocycles. The molecule has 6 nitrogen and oxygen atoms in total. The van der Waals surface area contributed by atoms with Crippen LogP contribution in [-0.2, 0) is 14.3 Å². The summed E-state index contributed by atoms with van der Waals surface area (Å²) in [5.74, 6) is 0.541. The molecule has 4 aliphatic carbocycles. The summed E-state index contributed by atoms with van der Waals surface area (Å²) in [5, 5.41) is 32.4. The number of aliphatic carboxylic acids is 1. The van der Waals surface area contributed by atoms with E-state index < -0.39 is 18.2 Å². The number of hydrogen-bond donors (Lipinski definition) is 3. The van der Waals surface area contributed by atoms with Crippen molar-refractivity contribution < 1.29 is 29.6 Å². The summed E-state index contributed by atoms with van der Waals surface area (Å²) in [5.41, 5.74) is -0.234. The monoisotopic (exact) mass is 528 g/mol. The summed E-state index contributed by atoms with van der Waals surface area (Å²) in [6.45, 7) is 6.70. The zero-order valence-corrected chi connectivity index (χ0v) is 21.8. The lowest BCUT2D eigenvalue weighted by atomic mass is 9.43. The Morgan fingerprint density at radius 2 is 1.82 bits per heavy atom. The van der Waals surface area contributed by atoms with E-state index in [2.05, 4.69) is 36.7 Å². The number of halogens is 1. The van der Waals surface area contributed by atoms with E-state index in [1.807, 2.05) is 0 Å². The molecule has 4 aliphatic rings. The van der Waals surface area contributed by atoms with Crippen LogP contribution < -0.4 is 0 Å². The van der Waals surface area contributed by atoms with Crippen LogP contribution in [0.5, 0.6) is 0 Å². The first kappa shape index (κ1) is 25.4. The number of esters is 1. The van der Waals surface area contributed by atoms with Crippen molar-refractivity contribution in [3.8, 4) is 0 Å². The molecule has 0 saturated heterocycles. The van der Waals surface area contributed by atoms with Gasteiger partial charge in [-0.25, -0.2) is 0 Å². The third kappa shape index (κ3) is 4.29. The van der Waals surface area contributed by atoms with Crippen LogP contribution in [-0.4, -0.2) is 50.9 Å². The number of fused-ring (bicyclic) bond motifs is 5. The topological polar surface area (TPSA) is 104 Å². The van der Waals surface area contributed by atoms with Crippen LogP contribution >= 0.6 is 15.9 Å². The van der Waals surface area contributed by atoms with Gasteiger partial charge in [-0.2, -0.15) is 0 Å². The molecule has 0 heterocycles.